The number of thiazole rings is 1. The molecule has 196 valence electrons. The van der Waals surface area contributed by atoms with Gasteiger partial charge in [-0.1, -0.05) is 51.2 Å². The van der Waals surface area contributed by atoms with E-state index in [-0.39, 0.29) is 5.92 Å². The van der Waals surface area contributed by atoms with E-state index in [0.717, 1.165) is 55.9 Å². The molecule has 0 saturated heterocycles. The lowest BCUT2D eigenvalue weighted by Crippen LogP contribution is -2.15. The number of aryl methyl sites for hydroxylation is 1. The molecule has 38 heavy (non-hydrogen) atoms. The molecule has 8 nitrogen and oxygen atoms in total. The Bertz CT molecular complexity index is 1550. The van der Waals surface area contributed by atoms with Crippen LogP contribution in [0, 0.1) is 19.8 Å². The first-order chi connectivity index (χ1) is 18.2. The Hall–Kier alpha value is -3.85. The molecule has 0 spiro atoms. The number of rotatable bonds is 8. The number of nitrogens with one attached hydrogen (secondary N) is 1. The first kappa shape index (κ1) is 25.8. The SMILES string of the molecule is Cc1cc(N(C)c2ccc(-c3cnn(CC(C)C)c3C)c(C(C)C)n2)nnc1Nc1nc2ccccc2s1. The average molecular weight is 527 g/mol. The molecule has 0 radical (unpaired) electrons. The maximum Gasteiger partial charge on any atom is 0.189 e. The van der Waals surface area contributed by atoms with Gasteiger partial charge < -0.3 is 10.2 Å². The van der Waals surface area contributed by atoms with E-state index in [1.807, 2.05) is 55.4 Å². The summed E-state index contributed by atoms with van der Waals surface area (Å²) >= 11 is 1.60. The highest BCUT2D eigenvalue weighted by Gasteiger charge is 2.19. The van der Waals surface area contributed by atoms with Crippen molar-refractivity contribution in [2.24, 2.45) is 5.92 Å². The molecule has 0 unspecified atom stereocenters. The second-order valence-corrected chi connectivity index (χ2v) is 11.4. The first-order valence-corrected chi connectivity index (χ1v) is 13.8. The van der Waals surface area contributed by atoms with Crippen molar-refractivity contribution < 1.29 is 0 Å². The zero-order chi connectivity index (χ0) is 27.0. The third-order valence-corrected chi connectivity index (χ3v) is 7.52. The number of pyridine rings is 1. The minimum absolute atomic E-state index is 0.249. The highest BCUT2D eigenvalue weighted by molar-refractivity contribution is 7.22. The molecule has 0 amide bonds. The molecular formula is C29H34N8S. The quantitative estimate of drug-likeness (QED) is 0.228. The molecule has 9 heteroatoms. The Morgan fingerprint density at radius 1 is 0.947 bits per heavy atom. The van der Waals surface area contributed by atoms with Gasteiger partial charge in [0.25, 0.3) is 0 Å². The number of hydrogen-bond acceptors (Lipinski definition) is 8. The molecule has 0 aliphatic heterocycles. The van der Waals surface area contributed by atoms with Crippen molar-refractivity contribution in [1.29, 1.82) is 0 Å². The van der Waals surface area contributed by atoms with E-state index in [1.54, 1.807) is 11.3 Å². The van der Waals surface area contributed by atoms with Crippen molar-refractivity contribution in [2.75, 3.05) is 17.3 Å². The molecule has 0 aliphatic carbocycles. The van der Waals surface area contributed by atoms with Crippen molar-refractivity contribution in [3.8, 4) is 11.1 Å². The summed E-state index contributed by atoms with van der Waals surface area (Å²) < 4.78 is 3.22. The fourth-order valence-electron chi connectivity index (χ4n) is 4.46. The van der Waals surface area contributed by atoms with Crippen molar-refractivity contribution >= 4 is 44.1 Å². The van der Waals surface area contributed by atoms with Crippen LogP contribution in [0.15, 0.2) is 48.7 Å². The highest BCUT2D eigenvalue weighted by Crippen LogP contribution is 2.34. The average Bonchev–Trinajstić information content (AvgIpc) is 3.46. The predicted molar refractivity (Wildman–Crippen MR) is 157 cm³/mol. The number of aromatic nitrogens is 6. The molecule has 0 bridgehead atoms. The summed E-state index contributed by atoms with van der Waals surface area (Å²) in [6.45, 7) is 13.8. The van der Waals surface area contributed by atoms with Crippen LogP contribution in [0.4, 0.5) is 22.6 Å². The Morgan fingerprint density at radius 3 is 2.45 bits per heavy atom. The third kappa shape index (κ3) is 5.11. The molecular weight excluding hydrogens is 492 g/mol. The number of nitrogens with zero attached hydrogens (tertiary/aromatic N) is 7. The van der Waals surface area contributed by atoms with Crippen LogP contribution in [0.1, 0.15) is 50.6 Å². The smallest absolute Gasteiger partial charge is 0.189 e. The lowest BCUT2D eigenvalue weighted by atomic mass is 9.98. The van der Waals surface area contributed by atoms with Gasteiger partial charge in [-0.25, -0.2) is 9.97 Å². The van der Waals surface area contributed by atoms with Crippen molar-refractivity contribution in [1.82, 2.24) is 29.9 Å². The maximum atomic E-state index is 5.08. The Kier molecular flexibility index (Phi) is 7.12. The van der Waals surface area contributed by atoms with Gasteiger partial charge in [0.15, 0.2) is 16.8 Å². The lowest BCUT2D eigenvalue weighted by Gasteiger charge is -2.21. The van der Waals surface area contributed by atoms with E-state index in [2.05, 4.69) is 77.0 Å². The summed E-state index contributed by atoms with van der Waals surface area (Å²) in [7, 11) is 1.97. The molecule has 0 aliphatic rings. The standard InChI is InChI=1S/C29H34N8S/c1-17(2)16-37-20(6)22(15-30-37)21-12-13-25(32-27(21)18(3)4)36(7)26-14-19(5)28(35-34-26)33-29-31-23-10-8-9-11-24(23)38-29/h8-15,17-18H,16H2,1-7H3,(H,31,33,35). The molecule has 4 heterocycles. The van der Waals surface area contributed by atoms with E-state index >= 15 is 0 Å². The number of anilines is 4. The molecule has 0 atom stereocenters. The van der Waals surface area contributed by atoms with Gasteiger partial charge >= 0.3 is 0 Å². The molecule has 0 fully saturated rings. The summed E-state index contributed by atoms with van der Waals surface area (Å²) in [6.07, 6.45) is 1.97. The van der Waals surface area contributed by atoms with Crippen molar-refractivity contribution in [2.45, 2.75) is 54.0 Å². The van der Waals surface area contributed by atoms with Crippen LogP contribution in [0.2, 0.25) is 0 Å². The maximum absolute atomic E-state index is 5.08. The Balaban J connectivity index is 1.41. The number of benzene rings is 1. The predicted octanol–water partition coefficient (Wildman–Crippen LogP) is 7.25. The number of fused-ring (bicyclic) bond motifs is 1. The van der Waals surface area contributed by atoms with Crippen molar-refractivity contribution in [3.63, 3.8) is 0 Å². The fraction of sp³-hybridized carbons (Fsp3) is 0.345. The summed E-state index contributed by atoms with van der Waals surface area (Å²) in [4.78, 5) is 11.7. The molecule has 1 N–H and O–H groups in total. The van der Waals surface area contributed by atoms with E-state index < -0.39 is 0 Å². The van der Waals surface area contributed by atoms with Crippen LogP contribution < -0.4 is 10.2 Å². The van der Waals surface area contributed by atoms with Crippen molar-refractivity contribution in [3.05, 3.63) is 65.6 Å². The molecule has 5 rings (SSSR count). The molecule has 1 aromatic carbocycles. The molecule has 5 aromatic rings. The van der Waals surface area contributed by atoms with Gasteiger partial charge in [-0.3, -0.25) is 4.68 Å². The zero-order valence-corrected chi connectivity index (χ0v) is 23.8. The first-order valence-electron chi connectivity index (χ1n) is 13.0. The van der Waals surface area contributed by atoms with Crippen LogP contribution in [-0.2, 0) is 6.54 Å². The van der Waals surface area contributed by atoms with E-state index in [0.29, 0.717) is 11.7 Å². The summed E-state index contributed by atoms with van der Waals surface area (Å²) in [6, 6.07) is 14.3. The van der Waals surface area contributed by atoms with Gasteiger partial charge in [0.1, 0.15) is 5.82 Å². The Morgan fingerprint density at radius 2 is 1.74 bits per heavy atom. The van der Waals surface area contributed by atoms with Crippen LogP contribution in [-0.4, -0.2) is 37.0 Å². The van der Waals surface area contributed by atoms with E-state index in [1.165, 1.54) is 5.69 Å². The van der Waals surface area contributed by atoms with Gasteiger partial charge in [0.05, 0.1) is 22.1 Å². The summed E-state index contributed by atoms with van der Waals surface area (Å²) in [5, 5.41) is 17.8. The highest BCUT2D eigenvalue weighted by atomic mass is 32.1. The minimum Gasteiger partial charge on any atom is -0.314 e. The second-order valence-electron chi connectivity index (χ2n) is 10.4. The lowest BCUT2D eigenvalue weighted by molar-refractivity contribution is 0.475. The number of para-hydroxylation sites is 1. The van der Waals surface area contributed by atoms with Gasteiger partial charge in [0.2, 0.25) is 0 Å². The summed E-state index contributed by atoms with van der Waals surface area (Å²) in [5.74, 6) is 3.03. The number of hydrogen-bond donors (Lipinski definition) is 1. The van der Waals surface area contributed by atoms with Gasteiger partial charge in [0, 0.05) is 30.4 Å². The largest absolute Gasteiger partial charge is 0.314 e. The molecule has 4 aromatic heterocycles. The molecule has 0 saturated carbocycles. The Labute approximate surface area is 227 Å². The normalized spacial score (nSPS) is 11.6. The second kappa shape index (κ2) is 10.5. The minimum atomic E-state index is 0.249. The monoisotopic (exact) mass is 526 g/mol. The van der Waals surface area contributed by atoms with E-state index in [4.69, 9.17) is 4.98 Å². The van der Waals surface area contributed by atoms with Crippen LogP contribution in [0.5, 0.6) is 0 Å². The van der Waals surface area contributed by atoms with E-state index in [9.17, 15) is 0 Å². The zero-order valence-electron chi connectivity index (χ0n) is 23.0. The van der Waals surface area contributed by atoms with Crippen LogP contribution in [0.3, 0.4) is 0 Å². The van der Waals surface area contributed by atoms with Gasteiger partial charge in [-0.05, 0) is 61.6 Å². The van der Waals surface area contributed by atoms with Gasteiger partial charge in [-0.15, -0.1) is 10.2 Å². The fourth-order valence-corrected chi connectivity index (χ4v) is 5.33. The van der Waals surface area contributed by atoms with Crippen LogP contribution >= 0.6 is 11.3 Å². The van der Waals surface area contributed by atoms with Crippen LogP contribution in [0.25, 0.3) is 21.3 Å². The topological polar surface area (TPSA) is 84.7 Å². The summed E-state index contributed by atoms with van der Waals surface area (Å²) in [5.41, 5.74) is 6.43. The van der Waals surface area contributed by atoms with Gasteiger partial charge in [-0.2, -0.15) is 5.10 Å². The third-order valence-electron chi connectivity index (χ3n) is 6.57.